The Morgan fingerprint density at radius 3 is 2.80 bits per heavy atom. The van der Waals surface area contributed by atoms with Gasteiger partial charge < -0.3 is 15.8 Å². The lowest BCUT2D eigenvalue weighted by atomic mass is 10.2. The Kier molecular flexibility index (Phi) is 6.78. The summed E-state index contributed by atoms with van der Waals surface area (Å²) in [6.45, 7) is 5.69. The van der Waals surface area contributed by atoms with Crippen LogP contribution in [0, 0.1) is 0 Å². The molecule has 0 spiro atoms. The van der Waals surface area contributed by atoms with Gasteiger partial charge in [-0.3, -0.25) is 9.69 Å². The zero-order valence-electron chi connectivity index (χ0n) is 12.1. The van der Waals surface area contributed by atoms with Gasteiger partial charge in [0.2, 0.25) is 5.91 Å². The Hall–Kier alpha value is -1.30. The molecular formula is C14H22ClN3O2. The van der Waals surface area contributed by atoms with Gasteiger partial charge in [0.05, 0.1) is 23.9 Å². The third kappa shape index (κ3) is 5.00. The van der Waals surface area contributed by atoms with Crippen molar-refractivity contribution >= 4 is 28.9 Å². The van der Waals surface area contributed by atoms with Gasteiger partial charge in [-0.05, 0) is 31.7 Å². The number of anilines is 2. The molecule has 112 valence electrons. The molecule has 1 rings (SSSR count). The number of ether oxygens (including phenoxy) is 1. The number of amides is 1. The molecule has 5 nitrogen and oxygen atoms in total. The molecule has 0 bridgehead atoms. The topological polar surface area (TPSA) is 67.6 Å². The van der Waals surface area contributed by atoms with Gasteiger partial charge in [-0.25, -0.2) is 0 Å². The summed E-state index contributed by atoms with van der Waals surface area (Å²) in [5.41, 5.74) is 6.75. The minimum atomic E-state index is -0.110. The fourth-order valence-corrected chi connectivity index (χ4v) is 2.17. The van der Waals surface area contributed by atoms with E-state index in [-0.39, 0.29) is 11.9 Å². The Balaban J connectivity index is 2.61. The van der Waals surface area contributed by atoms with Crippen LogP contribution < -0.4 is 11.1 Å². The number of benzene rings is 1. The second-order valence-corrected chi connectivity index (χ2v) is 5.06. The summed E-state index contributed by atoms with van der Waals surface area (Å²) in [4.78, 5) is 14.1. The average Bonchev–Trinajstić information content (AvgIpc) is 2.39. The molecule has 1 aromatic rings. The highest BCUT2D eigenvalue weighted by atomic mass is 35.5. The van der Waals surface area contributed by atoms with Crippen LogP contribution in [0.1, 0.15) is 13.8 Å². The van der Waals surface area contributed by atoms with Gasteiger partial charge in [-0.1, -0.05) is 18.5 Å². The van der Waals surface area contributed by atoms with Gasteiger partial charge in [-0.15, -0.1) is 0 Å². The minimum Gasteiger partial charge on any atom is -0.399 e. The second kappa shape index (κ2) is 8.09. The maximum Gasteiger partial charge on any atom is 0.238 e. The van der Waals surface area contributed by atoms with E-state index in [2.05, 4.69) is 5.32 Å². The normalized spacial score (nSPS) is 12.4. The summed E-state index contributed by atoms with van der Waals surface area (Å²) < 4.78 is 5.11. The number of halogens is 1. The highest BCUT2D eigenvalue weighted by Gasteiger charge is 2.16. The summed E-state index contributed by atoms with van der Waals surface area (Å²) in [7, 11) is 1.65. The maximum atomic E-state index is 12.0. The number of nitrogens with one attached hydrogen (secondary N) is 1. The molecule has 0 heterocycles. The van der Waals surface area contributed by atoms with Crippen molar-refractivity contribution in [1.29, 1.82) is 0 Å². The molecule has 0 aromatic heterocycles. The number of rotatable bonds is 7. The third-order valence-electron chi connectivity index (χ3n) is 3.05. The first-order valence-electron chi connectivity index (χ1n) is 6.55. The minimum absolute atomic E-state index is 0.110. The highest BCUT2D eigenvalue weighted by Crippen LogP contribution is 2.23. The van der Waals surface area contributed by atoms with Crippen molar-refractivity contribution < 1.29 is 9.53 Å². The molecule has 0 aliphatic heterocycles. The molecule has 0 radical (unpaired) electrons. The van der Waals surface area contributed by atoms with Crippen LogP contribution in [0.25, 0.3) is 0 Å². The van der Waals surface area contributed by atoms with Gasteiger partial charge in [-0.2, -0.15) is 0 Å². The monoisotopic (exact) mass is 299 g/mol. The van der Waals surface area contributed by atoms with Gasteiger partial charge >= 0.3 is 0 Å². The van der Waals surface area contributed by atoms with E-state index >= 15 is 0 Å². The van der Waals surface area contributed by atoms with E-state index in [1.54, 1.807) is 25.3 Å². The molecule has 20 heavy (non-hydrogen) atoms. The molecule has 6 heteroatoms. The average molecular weight is 300 g/mol. The van der Waals surface area contributed by atoms with Crippen molar-refractivity contribution in [3.8, 4) is 0 Å². The predicted octanol–water partition coefficient (Wildman–Crippen LogP) is 2.22. The number of carbonyl (C=O) groups is 1. The Labute approximate surface area is 125 Å². The third-order valence-corrected chi connectivity index (χ3v) is 3.36. The molecule has 0 aliphatic carbocycles. The number of nitrogens with two attached hydrogens (primary N) is 1. The standard InChI is InChI=1S/C14H22ClN3O2/c1-4-18(10(2)9-20-3)8-14(19)17-13-6-5-11(16)7-12(13)15/h5-7,10H,4,8-9,16H2,1-3H3,(H,17,19). The van der Waals surface area contributed by atoms with Crippen LogP contribution in [0.2, 0.25) is 5.02 Å². The van der Waals surface area contributed by atoms with Crippen molar-refractivity contribution in [1.82, 2.24) is 4.90 Å². The van der Waals surface area contributed by atoms with E-state index in [9.17, 15) is 4.79 Å². The van der Waals surface area contributed by atoms with Crippen LogP contribution in [0.5, 0.6) is 0 Å². The fraction of sp³-hybridized carbons (Fsp3) is 0.500. The largest absolute Gasteiger partial charge is 0.399 e. The molecule has 0 fully saturated rings. The zero-order valence-corrected chi connectivity index (χ0v) is 12.9. The lowest BCUT2D eigenvalue weighted by Crippen LogP contribution is -2.41. The van der Waals surface area contributed by atoms with Gasteiger partial charge in [0.15, 0.2) is 0 Å². The molecule has 1 unspecified atom stereocenters. The smallest absolute Gasteiger partial charge is 0.238 e. The van der Waals surface area contributed by atoms with E-state index < -0.39 is 0 Å². The van der Waals surface area contributed by atoms with Crippen LogP contribution in [0.15, 0.2) is 18.2 Å². The number of carbonyl (C=O) groups excluding carboxylic acids is 1. The number of nitrogen functional groups attached to an aromatic ring is 1. The van der Waals surface area contributed by atoms with E-state index in [0.29, 0.717) is 29.5 Å². The molecule has 0 saturated heterocycles. The second-order valence-electron chi connectivity index (χ2n) is 4.65. The summed E-state index contributed by atoms with van der Waals surface area (Å²) in [5.74, 6) is -0.110. The zero-order chi connectivity index (χ0) is 15.1. The van der Waals surface area contributed by atoms with E-state index in [4.69, 9.17) is 22.1 Å². The Morgan fingerprint density at radius 2 is 2.25 bits per heavy atom. The van der Waals surface area contributed by atoms with E-state index in [1.165, 1.54) is 0 Å². The van der Waals surface area contributed by atoms with Crippen molar-refractivity contribution in [3.05, 3.63) is 23.2 Å². The molecule has 1 amide bonds. The lowest BCUT2D eigenvalue weighted by Gasteiger charge is -2.26. The lowest BCUT2D eigenvalue weighted by molar-refractivity contribution is -0.118. The number of methoxy groups -OCH3 is 1. The SMILES string of the molecule is CCN(CC(=O)Nc1ccc(N)cc1Cl)C(C)COC. The predicted molar refractivity (Wildman–Crippen MR) is 83.1 cm³/mol. The quantitative estimate of drug-likeness (QED) is 0.758. The van der Waals surface area contributed by atoms with Crippen molar-refractivity contribution in [2.24, 2.45) is 0 Å². The molecule has 0 saturated carbocycles. The van der Waals surface area contributed by atoms with Crippen molar-refractivity contribution in [2.45, 2.75) is 19.9 Å². The summed E-state index contributed by atoms with van der Waals surface area (Å²) >= 11 is 6.03. The first kappa shape index (κ1) is 16.8. The Morgan fingerprint density at radius 1 is 1.55 bits per heavy atom. The number of nitrogens with zero attached hydrogens (tertiary/aromatic N) is 1. The van der Waals surface area contributed by atoms with Crippen LogP contribution in [-0.4, -0.2) is 43.7 Å². The van der Waals surface area contributed by atoms with Crippen LogP contribution in [-0.2, 0) is 9.53 Å². The Bertz CT molecular complexity index is 454. The molecule has 3 N–H and O–H groups in total. The number of likely N-dealkylation sites (N-methyl/N-ethyl adjacent to an activating group) is 1. The molecule has 0 aliphatic rings. The maximum absolute atomic E-state index is 12.0. The fourth-order valence-electron chi connectivity index (χ4n) is 1.93. The van der Waals surface area contributed by atoms with Crippen molar-refractivity contribution in [3.63, 3.8) is 0 Å². The van der Waals surface area contributed by atoms with Crippen molar-refractivity contribution in [2.75, 3.05) is 37.9 Å². The summed E-state index contributed by atoms with van der Waals surface area (Å²) in [6.07, 6.45) is 0. The molecular weight excluding hydrogens is 278 g/mol. The first-order chi connectivity index (χ1) is 9.47. The van der Waals surface area contributed by atoms with Crippen LogP contribution >= 0.6 is 11.6 Å². The van der Waals surface area contributed by atoms with Crippen LogP contribution in [0.3, 0.4) is 0 Å². The van der Waals surface area contributed by atoms with Gasteiger partial charge in [0.1, 0.15) is 0 Å². The van der Waals surface area contributed by atoms with Gasteiger partial charge in [0, 0.05) is 18.8 Å². The summed E-state index contributed by atoms with van der Waals surface area (Å²) in [6, 6.07) is 5.19. The number of hydrogen-bond acceptors (Lipinski definition) is 4. The van der Waals surface area contributed by atoms with Crippen LogP contribution in [0.4, 0.5) is 11.4 Å². The van der Waals surface area contributed by atoms with Gasteiger partial charge in [0.25, 0.3) is 0 Å². The summed E-state index contributed by atoms with van der Waals surface area (Å²) in [5, 5.41) is 3.23. The molecule has 1 aromatic carbocycles. The number of hydrogen-bond donors (Lipinski definition) is 2. The molecule has 1 atom stereocenters. The van der Waals surface area contributed by atoms with E-state index in [0.717, 1.165) is 6.54 Å². The first-order valence-corrected chi connectivity index (χ1v) is 6.93. The van der Waals surface area contributed by atoms with E-state index in [1.807, 2.05) is 18.7 Å². The highest BCUT2D eigenvalue weighted by molar-refractivity contribution is 6.34.